The molecule has 2 aromatic rings. The Morgan fingerprint density at radius 1 is 1.04 bits per heavy atom. The van der Waals surface area contributed by atoms with Gasteiger partial charge < -0.3 is 10.6 Å². The van der Waals surface area contributed by atoms with Crippen molar-refractivity contribution in [3.05, 3.63) is 66.2 Å². The van der Waals surface area contributed by atoms with Crippen LogP contribution in [0.1, 0.15) is 11.6 Å². The van der Waals surface area contributed by atoms with Crippen LogP contribution in [0.5, 0.6) is 0 Å². The van der Waals surface area contributed by atoms with Crippen LogP contribution >= 0.6 is 0 Å². The minimum absolute atomic E-state index is 0.0512. The summed E-state index contributed by atoms with van der Waals surface area (Å²) < 4.78 is 0. The second-order valence-corrected chi connectivity index (χ2v) is 5.49. The van der Waals surface area contributed by atoms with Gasteiger partial charge in [-0.25, -0.2) is 0 Å². The molecule has 1 fully saturated rings. The van der Waals surface area contributed by atoms with Crippen molar-refractivity contribution >= 4 is 17.5 Å². The number of para-hydroxylation sites is 1. The minimum Gasteiger partial charge on any atom is -0.354 e. The van der Waals surface area contributed by atoms with E-state index in [0.29, 0.717) is 13.1 Å². The summed E-state index contributed by atoms with van der Waals surface area (Å²) >= 11 is 0. The fourth-order valence-electron chi connectivity index (χ4n) is 2.77. The summed E-state index contributed by atoms with van der Waals surface area (Å²) in [5, 5.41) is 5.73. The summed E-state index contributed by atoms with van der Waals surface area (Å²) in [7, 11) is 0. The van der Waals surface area contributed by atoms with E-state index >= 15 is 0 Å². The van der Waals surface area contributed by atoms with Crippen molar-refractivity contribution in [1.82, 2.24) is 10.2 Å². The summed E-state index contributed by atoms with van der Waals surface area (Å²) in [5.41, 5.74) is 1.63. The van der Waals surface area contributed by atoms with Crippen LogP contribution in [-0.2, 0) is 9.59 Å². The van der Waals surface area contributed by atoms with Gasteiger partial charge in [0.05, 0.1) is 6.54 Å². The molecule has 1 saturated heterocycles. The Morgan fingerprint density at radius 3 is 2.35 bits per heavy atom. The average molecular weight is 309 g/mol. The zero-order valence-electron chi connectivity index (χ0n) is 12.7. The van der Waals surface area contributed by atoms with E-state index in [9.17, 15) is 9.59 Å². The Balaban J connectivity index is 1.85. The van der Waals surface area contributed by atoms with Gasteiger partial charge in [-0.05, 0) is 17.7 Å². The lowest BCUT2D eigenvalue weighted by Gasteiger charge is -2.33. The standard InChI is InChI=1S/C18H19N3O2/c22-16-13-21(12-11-19-16)17(14-7-3-1-4-8-14)18(23)20-15-9-5-2-6-10-15/h1-10,17H,11-13H2,(H,19,22)(H,20,23)/t17-/m0/s1. The molecule has 0 aromatic heterocycles. The summed E-state index contributed by atoms with van der Waals surface area (Å²) in [6, 6.07) is 18.4. The molecule has 23 heavy (non-hydrogen) atoms. The number of nitrogens with zero attached hydrogens (tertiary/aromatic N) is 1. The van der Waals surface area contributed by atoms with E-state index in [1.54, 1.807) is 0 Å². The molecule has 0 aliphatic carbocycles. The first-order valence-corrected chi connectivity index (χ1v) is 7.65. The third-order valence-corrected chi connectivity index (χ3v) is 3.84. The van der Waals surface area contributed by atoms with Crippen LogP contribution in [0.25, 0.3) is 0 Å². The highest BCUT2D eigenvalue weighted by Crippen LogP contribution is 2.23. The number of carbonyl (C=O) groups is 2. The summed E-state index contributed by atoms with van der Waals surface area (Å²) in [4.78, 5) is 26.4. The molecular formula is C18H19N3O2. The quantitative estimate of drug-likeness (QED) is 0.905. The lowest BCUT2D eigenvalue weighted by Crippen LogP contribution is -2.51. The lowest BCUT2D eigenvalue weighted by atomic mass is 10.0. The predicted molar refractivity (Wildman–Crippen MR) is 88.8 cm³/mol. The SMILES string of the molecule is O=C1CN([C@H](C(=O)Nc2ccccc2)c2ccccc2)CCN1. The van der Waals surface area contributed by atoms with E-state index in [1.165, 1.54) is 0 Å². The van der Waals surface area contributed by atoms with Crippen molar-refractivity contribution < 1.29 is 9.59 Å². The van der Waals surface area contributed by atoms with E-state index in [0.717, 1.165) is 11.3 Å². The normalized spacial score (nSPS) is 16.4. The Kier molecular flexibility index (Phi) is 4.68. The second kappa shape index (κ2) is 7.07. The molecule has 118 valence electrons. The van der Waals surface area contributed by atoms with Gasteiger partial charge in [0, 0.05) is 18.8 Å². The fraction of sp³-hybridized carbons (Fsp3) is 0.222. The largest absolute Gasteiger partial charge is 0.354 e. The predicted octanol–water partition coefficient (Wildman–Crippen LogP) is 1.80. The molecule has 0 radical (unpaired) electrons. The highest BCUT2D eigenvalue weighted by atomic mass is 16.2. The van der Waals surface area contributed by atoms with E-state index in [-0.39, 0.29) is 18.4 Å². The first kappa shape index (κ1) is 15.2. The molecule has 0 spiro atoms. The van der Waals surface area contributed by atoms with Gasteiger partial charge in [0.1, 0.15) is 6.04 Å². The zero-order chi connectivity index (χ0) is 16.1. The van der Waals surface area contributed by atoms with E-state index in [2.05, 4.69) is 10.6 Å². The molecule has 2 aromatic carbocycles. The summed E-state index contributed by atoms with van der Waals surface area (Å²) in [5.74, 6) is -0.179. The zero-order valence-corrected chi connectivity index (χ0v) is 12.7. The number of hydrogen-bond acceptors (Lipinski definition) is 3. The van der Waals surface area contributed by atoms with Gasteiger partial charge in [0.15, 0.2) is 0 Å². The number of piperazine rings is 1. The molecule has 0 unspecified atom stereocenters. The van der Waals surface area contributed by atoms with Gasteiger partial charge in [-0.3, -0.25) is 14.5 Å². The van der Waals surface area contributed by atoms with Gasteiger partial charge in [0.2, 0.25) is 11.8 Å². The molecule has 2 amide bonds. The molecular weight excluding hydrogens is 290 g/mol. The third kappa shape index (κ3) is 3.76. The number of rotatable bonds is 4. The monoisotopic (exact) mass is 309 g/mol. The van der Waals surface area contributed by atoms with Gasteiger partial charge in [-0.15, -0.1) is 0 Å². The number of hydrogen-bond donors (Lipinski definition) is 2. The van der Waals surface area contributed by atoms with Crippen molar-refractivity contribution in [3.63, 3.8) is 0 Å². The van der Waals surface area contributed by atoms with Crippen molar-refractivity contribution in [2.24, 2.45) is 0 Å². The number of nitrogens with one attached hydrogen (secondary N) is 2. The van der Waals surface area contributed by atoms with Crippen LogP contribution in [0.15, 0.2) is 60.7 Å². The van der Waals surface area contributed by atoms with Gasteiger partial charge in [-0.1, -0.05) is 48.5 Å². The Morgan fingerprint density at radius 2 is 1.70 bits per heavy atom. The van der Waals surface area contributed by atoms with Crippen LogP contribution in [0.3, 0.4) is 0 Å². The number of anilines is 1. The second-order valence-electron chi connectivity index (χ2n) is 5.49. The minimum atomic E-state index is -0.484. The Hall–Kier alpha value is -2.66. The summed E-state index contributed by atoms with van der Waals surface area (Å²) in [6.45, 7) is 1.43. The highest BCUT2D eigenvalue weighted by Gasteiger charge is 2.30. The molecule has 1 aliphatic heterocycles. The molecule has 0 saturated carbocycles. The topological polar surface area (TPSA) is 61.4 Å². The van der Waals surface area contributed by atoms with Crippen molar-refractivity contribution in [3.8, 4) is 0 Å². The number of amides is 2. The molecule has 3 rings (SSSR count). The van der Waals surface area contributed by atoms with E-state index in [4.69, 9.17) is 0 Å². The van der Waals surface area contributed by atoms with Gasteiger partial charge in [-0.2, -0.15) is 0 Å². The molecule has 1 aliphatic rings. The van der Waals surface area contributed by atoms with Gasteiger partial charge in [0.25, 0.3) is 0 Å². The fourth-order valence-corrected chi connectivity index (χ4v) is 2.77. The van der Waals surface area contributed by atoms with E-state index < -0.39 is 6.04 Å². The number of carbonyl (C=O) groups excluding carboxylic acids is 2. The van der Waals surface area contributed by atoms with Gasteiger partial charge >= 0.3 is 0 Å². The summed E-state index contributed by atoms with van der Waals surface area (Å²) in [6.07, 6.45) is 0. The van der Waals surface area contributed by atoms with Crippen molar-refractivity contribution in [1.29, 1.82) is 0 Å². The van der Waals surface area contributed by atoms with Crippen LogP contribution < -0.4 is 10.6 Å². The molecule has 1 atom stereocenters. The lowest BCUT2D eigenvalue weighted by molar-refractivity contribution is -0.128. The highest BCUT2D eigenvalue weighted by molar-refractivity contribution is 5.96. The third-order valence-electron chi connectivity index (χ3n) is 3.84. The molecule has 1 heterocycles. The molecule has 2 N–H and O–H groups in total. The molecule has 5 nitrogen and oxygen atoms in total. The van der Waals surface area contributed by atoms with Crippen molar-refractivity contribution in [2.75, 3.05) is 25.0 Å². The average Bonchev–Trinajstić information content (AvgIpc) is 2.57. The first-order valence-electron chi connectivity index (χ1n) is 7.65. The number of benzene rings is 2. The van der Waals surface area contributed by atoms with Crippen LogP contribution in [0.2, 0.25) is 0 Å². The Bertz CT molecular complexity index is 673. The van der Waals surface area contributed by atoms with Crippen LogP contribution in [0, 0.1) is 0 Å². The molecule has 5 heteroatoms. The molecule has 0 bridgehead atoms. The van der Waals surface area contributed by atoms with Crippen LogP contribution in [0.4, 0.5) is 5.69 Å². The van der Waals surface area contributed by atoms with Crippen molar-refractivity contribution in [2.45, 2.75) is 6.04 Å². The first-order chi connectivity index (χ1) is 11.2. The van der Waals surface area contributed by atoms with E-state index in [1.807, 2.05) is 65.6 Å². The maximum Gasteiger partial charge on any atom is 0.246 e. The smallest absolute Gasteiger partial charge is 0.246 e. The Labute approximate surface area is 135 Å². The maximum atomic E-state index is 12.8. The van der Waals surface area contributed by atoms with Crippen LogP contribution in [-0.4, -0.2) is 36.3 Å². The maximum absolute atomic E-state index is 12.8.